The standard InChI is InChI=1S/C11H15BrN2O2/c1-2-8(7-15)13-11(16)14-10-6-4-3-5-9(10)12/h3-6,8,15H,2,7H2,1H3,(H2,13,14,16). The lowest BCUT2D eigenvalue weighted by molar-refractivity contribution is 0.222. The Hall–Kier alpha value is -1.07. The Labute approximate surface area is 103 Å². The third-order valence-electron chi connectivity index (χ3n) is 2.17. The van der Waals surface area contributed by atoms with Crippen molar-refractivity contribution >= 4 is 27.6 Å². The molecule has 0 radical (unpaired) electrons. The van der Waals surface area contributed by atoms with Crippen LogP contribution < -0.4 is 10.6 Å². The van der Waals surface area contributed by atoms with Crippen LogP contribution in [-0.4, -0.2) is 23.8 Å². The zero-order chi connectivity index (χ0) is 12.0. The molecule has 16 heavy (non-hydrogen) atoms. The number of carbonyl (C=O) groups is 1. The lowest BCUT2D eigenvalue weighted by Crippen LogP contribution is -2.39. The van der Waals surface area contributed by atoms with Gasteiger partial charge in [0.25, 0.3) is 0 Å². The Morgan fingerprint density at radius 2 is 2.19 bits per heavy atom. The number of aliphatic hydroxyl groups is 1. The molecule has 4 nitrogen and oxygen atoms in total. The molecular weight excluding hydrogens is 272 g/mol. The van der Waals surface area contributed by atoms with Crippen LogP contribution in [-0.2, 0) is 0 Å². The van der Waals surface area contributed by atoms with Crippen molar-refractivity contribution in [3.05, 3.63) is 28.7 Å². The second kappa shape index (κ2) is 6.50. The number of hydrogen-bond acceptors (Lipinski definition) is 2. The van der Waals surface area contributed by atoms with Gasteiger partial charge in [0.1, 0.15) is 0 Å². The van der Waals surface area contributed by atoms with Crippen molar-refractivity contribution in [2.24, 2.45) is 0 Å². The number of urea groups is 1. The second-order valence-electron chi connectivity index (χ2n) is 3.37. The molecule has 0 saturated carbocycles. The van der Waals surface area contributed by atoms with Crippen LogP contribution in [0.3, 0.4) is 0 Å². The van der Waals surface area contributed by atoms with Crippen molar-refractivity contribution in [1.29, 1.82) is 0 Å². The van der Waals surface area contributed by atoms with Crippen LogP contribution in [0.25, 0.3) is 0 Å². The van der Waals surface area contributed by atoms with Crippen LogP contribution in [0.15, 0.2) is 28.7 Å². The summed E-state index contributed by atoms with van der Waals surface area (Å²) in [5, 5.41) is 14.3. The molecule has 2 amide bonds. The number of hydrogen-bond donors (Lipinski definition) is 3. The van der Waals surface area contributed by atoms with E-state index in [0.29, 0.717) is 12.1 Å². The Morgan fingerprint density at radius 3 is 2.75 bits per heavy atom. The van der Waals surface area contributed by atoms with Gasteiger partial charge in [0.05, 0.1) is 18.3 Å². The molecule has 1 unspecified atom stereocenters. The van der Waals surface area contributed by atoms with Gasteiger partial charge in [-0.1, -0.05) is 19.1 Å². The van der Waals surface area contributed by atoms with E-state index < -0.39 is 0 Å². The van der Waals surface area contributed by atoms with Crippen molar-refractivity contribution in [2.45, 2.75) is 19.4 Å². The number of halogens is 1. The minimum Gasteiger partial charge on any atom is -0.394 e. The number of benzene rings is 1. The van der Waals surface area contributed by atoms with E-state index in [0.717, 1.165) is 4.47 Å². The Morgan fingerprint density at radius 1 is 1.50 bits per heavy atom. The number of rotatable bonds is 4. The minimum atomic E-state index is -0.312. The molecule has 1 rings (SSSR count). The van der Waals surface area contributed by atoms with Crippen LogP contribution in [0.4, 0.5) is 10.5 Å². The van der Waals surface area contributed by atoms with Gasteiger partial charge in [-0.3, -0.25) is 0 Å². The summed E-state index contributed by atoms with van der Waals surface area (Å²) in [5.41, 5.74) is 0.702. The van der Waals surface area contributed by atoms with Gasteiger partial charge < -0.3 is 15.7 Å². The predicted molar refractivity (Wildman–Crippen MR) is 67.5 cm³/mol. The highest BCUT2D eigenvalue weighted by Crippen LogP contribution is 2.20. The van der Waals surface area contributed by atoms with Crippen LogP contribution >= 0.6 is 15.9 Å². The van der Waals surface area contributed by atoms with Gasteiger partial charge in [-0.25, -0.2) is 4.79 Å². The molecule has 0 bridgehead atoms. The van der Waals surface area contributed by atoms with E-state index in [9.17, 15) is 4.79 Å². The van der Waals surface area contributed by atoms with Crippen LogP contribution in [0, 0.1) is 0 Å². The quantitative estimate of drug-likeness (QED) is 0.796. The molecule has 88 valence electrons. The molecule has 1 aromatic carbocycles. The van der Waals surface area contributed by atoms with Crippen molar-refractivity contribution in [1.82, 2.24) is 5.32 Å². The first kappa shape index (κ1) is 13.0. The molecule has 1 atom stereocenters. The smallest absolute Gasteiger partial charge is 0.319 e. The fourth-order valence-corrected chi connectivity index (χ4v) is 1.57. The van der Waals surface area contributed by atoms with Gasteiger partial charge in [-0.05, 0) is 34.5 Å². The fourth-order valence-electron chi connectivity index (χ4n) is 1.18. The molecule has 0 aliphatic rings. The largest absolute Gasteiger partial charge is 0.394 e. The topological polar surface area (TPSA) is 61.4 Å². The zero-order valence-corrected chi connectivity index (χ0v) is 10.6. The Kier molecular flexibility index (Phi) is 5.28. The van der Waals surface area contributed by atoms with E-state index >= 15 is 0 Å². The Bertz CT molecular complexity index is 354. The van der Waals surface area contributed by atoms with Gasteiger partial charge in [-0.15, -0.1) is 0 Å². The van der Waals surface area contributed by atoms with E-state index in [1.807, 2.05) is 25.1 Å². The number of carbonyl (C=O) groups excluding carboxylic acids is 1. The molecule has 0 saturated heterocycles. The van der Waals surface area contributed by atoms with Gasteiger partial charge in [-0.2, -0.15) is 0 Å². The van der Waals surface area contributed by atoms with Gasteiger partial charge in [0.2, 0.25) is 0 Å². The number of amides is 2. The summed E-state index contributed by atoms with van der Waals surface area (Å²) >= 11 is 3.33. The first-order chi connectivity index (χ1) is 7.67. The summed E-state index contributed by atoms with van der Waals surface area (Å²) in [5.74, 6) is 0. The van der Waals surface area contributed by atoms with E-state index in [1.54, 1.807) is 6.07 Å². The molecule has 0 heterocycles. The summed E-state index contributed by atoms with van der Waals surface area (Å²) in [4.78, 5) is 11.5. The number of aliphatic hydroxyl groups excluding tert-OH is 1. The first-order valence-corrected chi connectivity index (χ1v) is 5.89. The highest BCUT2D eigenvalue weighted by atomic mass is 79.9. The summed E-state index contributed by atoms with van der Waals surface area (Å²) < 4.78 is 0.821. The molecule has 3 N–H and O–H groups in total. The number of nitrogens with one attached hydrogen (secondary N) is 2. The number of anilines is 1. The minimum absolute atomic E-state index is 0.0557. The summed E-state index contributed by atoms with van der Waals surface area (Å²) in [7, 11) is 0. The Balaban J connectivity index is 2.55. The van der Waals surface area contributed by atoms with E-state index in [2.05, 4.69) is 26.6 Å². The van der Waals surface area contributed by atoms with Crippen molar-refractivity contribution in [2.75, 3.05) is 11.9 Å². The highest BCUT2D eigenvalue weighted by Gasteiger charge is 2.09. The molecule has 0 aromatic heterocycles. The van der Waals surface area contributed by atoms with Gasteiger partial charge in [0.15, 0.2) is 0 Å². The molecule has 0 aliphatic carbocycles. The average molecular weight is 287 g/mol. The first-order valence-electron chi connectivity index (χ1n) is 5.10. The molecule has 0 aliphatic heterocycles. The van der Waals surface area contributed by atoms with Gasteiger partial charge in [0, 0.05) is 4.47 Å². The summed E-state index contributed by atoms with van der Waals surface area (Å²) in [6.07, 6.45) is 0.694. The molecule has 1 aromatic rings. The fraction of sp³-hybridized carbons (Fsp3) is 0.364. The maximum Gasteiger partial charge on any atom is 0.319 e. The predicted octanol–water partition coefficient (Wildman–Crippen LogP) is 2.34. The van der Waals surface area contributed by atoms with Crippen LogP contribution in [0.2, 0.25) is 0 Å². The van der Waals surface area contributed by atoms with Crippen molar-refractivity contribution in [3.63, 3.8) is 0 Å². The molecule has 5 heteroatoms. The average Bonchev–Trinajstić information content (AvgIpc) is 2.29. The molecule has 0 spiro atoms. The maximum absolute atomic E-state index is 11.5. The van der Waals surface area contributed by atoms with E-state index in [-0.39, 0.29) is 18.7 Å². The molecular formula is C11H15BrN2O2. The van der Waals surface area contributed by atoms with Crippen LogP contribution in [0.5, 0.6) is 0 Å². The van der Waals surface area contributed by atoms with Crippen LogP contribution in [0.1, 0.15) is 13.3 Å². The summed E-state index contributed by atoms with van der Waals surface area (Å²) in [6, 6.07) is 6.83. The lowest BCUT2D eigenvalue weighted by atomic mass is 10.2. The van der Waals surface area contributed by atoms with E-state index in [4.69, 9.17) is 5.11 Å². The van der Waals surface area contributed by atoms with Crippen molar-refractivity contribution < 1.29 is 9.90 Å². The molecule has 0 fully saturated rings. The third kappa shape index (κ3) is 3.83. The van der Waals surface area contributed by atoms with Gasteiger partial charge >= 0.3 is 6.03 Å². The SMILES string of the molecule is CCC(CO)NC(=O)Nc1ccccc1Br. The van der Waals surface area contributed by atoms with Crippen molar-refractivity contribution in [3.8, 4) is 0 Å². The normalized spacial score (nSPS) is 11.9. The number of para-hydroxylation sites is 1. The highest BCUT2D eigenvalue weighted by molar-refractivity contribution is 9.10. The maximum atomic E-state index is 11.5. The monoisotopic (exact) mass is 286 g/mol. The lowest BCUT2D eigenvalue weighted by Gasteiger charge is -2.15. The third-order valence-corrected chi connectivity index (χ3v) is 2.86. The second-order valence-corrected chi connectivity index (χ2v) is 4.22. The summed E-state index contributed by atoms with van der Waals surface area (Å²) in [6.45, 7) is 1.85. The van der Waals surface area contributed by atoms with E-state index in [1.165, 1.54) is 0 Å². The zero-order valence-electron chi connectivity index (χ0n) is 9.03.